The number of benzene rings is 1. The number of anilines is 1. The third-order valence-electron chi connectivity index (χ3n) is 2.94. The summed E-state index contributed by atoms with van der Waals surface area (Å²) in [6.45, 7) is 0. The van der Waals surface area contributed by atoms with Gasteiger partial charge in [0, 0.05) is 11.9 Å². The number of nitrogens with zero attached hydrogens (tertiary/aromatic N) is 3. The van der Waals surface area contributed by atoms with Crippen molar-refractivity contribution < 1.29 is 14.7 Å². The van der Waals surface area contributed by atoms with Crippen molar-refractivity contribution in [1.82, 2.24) is 14.6 Å². The number of amides is 1. The predicted octanol–water partition coefficient (Wildman–Crippen LogP) is 1.68. The molecule has 21 heavy (non-hydrogen) atoms. The molecule has 0 fully saturated rings. The van der Waals surface area contributed by atoms with Gasteiger partial charge in [-0.3, -0.25) is 9.20 Å². The van der Waals surface area contributed by atoms with Gasteiger partial charge in [0.15, 0.2) is 5.65 Å². The van der Waals surface area contributed by atoms with Crippen molar-refractivity contribution in [2.45, 2.75) is 0 Å². The monoisotopic (exact) mass is 282 g/mol. The van der Waals surface area contributed by atoms with Gasteiger partial charge in [0.2, 0.25) is 0 Å². The molecule has 0 aliphatic heterocycles. The van der Waals surface area contributed by atoms with E-state index in [-0.39, 0.29) is 11.5 Å². The Bertz CT molecular complexity index is 824. The zero-order chi connectivity index (χ0) is 14.8. The lowest BCUT2D eigenvalue weighted by Gasteiger charge is -2.06. The molecule has 2 aromatic heterocycles. The molecule has 0 aliphatic rings. The minimum atomic E-state index is -1.01. The number of rotatable bonds is 3. The lowest BCUT2D eigenvalue weighted by molar-refractivity contribution is 0.0696. The van der Waals surface area contributed by atoms with Crippen LogP contribution in [-0.2, 0) is 0 Å². The molecule has 104 valence electrons. The zero-order valence-corrected chi connectivity index (χ0v) is 10.7. The smallest absolute Gasteiger partial charge is 0.335 e. The number of fused-ring (bicyclic) bond motifs is 1. The highest BCUT2D eigenvalue weighted by Crippen LogP contribution is 2.12. The fourth-order valence-electron chi connectivity index (χ4n) is 1.86. The summed E-state index contributed by atoms with van der Waals surface area (Å²) in [6.07, 6.45) is 3.13. The summed E-state index contributed by atoms with van der Waals surface area (Å²) in [4.78, 5) is 22.9. The number of aromatic carboxylic acids is 1. The first-order valence-electron chi connectivity index (χ1n) is 6.07. The van der Waals surface area contributed by atoms with Crippen LogP contribution < -0.4 is 5.32 Å². The Balaban J connectivity index is 1.80. The van der Waals surface area contributed by atoms with Crippen LogP contribution in [0, 0.1) is 0 Å². The van der Waals surface area contributed by atoms with Crippen molar-refractivity contribution in [2.75, 3.05) is 5.32 Å². The topological polar surface area (TPSA) is 96.6 Å². The second-order valence-electron chi connectivity index (χ2n) is 4.35. The number of carbonyl (C=O) groups excluding carboxylic acids is 1. The Morgan fingerprint density at radius 1 is 1.05 bits per heavy atom. The lowest BCUT2D eigenvalue weighted by Crippen LogP contribution is -2.12. The first kappa shape index (κ1) is 12.8. The third kappa shape index (κ3) is 2.57. The molecule has 2 heterocycles. The van der Waals surface area contributed by atoms with Crippen LogP contribution in [0.15, 0.2) is 48.9 Å². The van der Waals surface area contributed by atoms with Gasteiger partial charge in [0.1, 0.15) is 6.33 Å². The molecule has 0 bridgehead atoms. The van der Waals surface area contributed by atoms with Crippen molar-refractivity contribution in [2.24, 2.45) is 0 Å². The molecule has 0 radical (unpaired) electrons. The van der Waals surface area contributed by atoms with Gasteiger partial charge in [-0.25, -0.2) is 4.79 Å². The number of carboxylic acid groups (broad SMARTS) is 1. The predicted molar refractivity (Wildman–Crippen MR) is 74.3 cm³/mol. The number of carboxylic acids is 1. The van der Waals surface area contributed by atoms with E-state index in [4.69, 9.17) is 5.11 Å². The quantitative estimate of drug-likeness (QED) is 0.761. The number of pyridine rings is 1. The summed E-state index contributed by atoms with van der Waals surface area (Å²) in [5.41, 5.74) is 1.79. The van der Waals surface area contributed by atoms with Gasteiger partial charge in [0.25, 0.3) is 5.91 Å². The maximum absolute atomic E-state index is 12.1. The molecule has 1 aromatic carbocycles. The Labute approximate surface area is 118 Å². The second-order valence-corrected chi connectivity index (χ2v) is 4.35. The van der Waals surface area contributed by atoms with Crippen LogP contribution in [0.1, 0.15) is 20.7 Å². The third-order valence-corrected chi connectivity index (χ3v) is 2.94. The van der Waals surface area contributed by atoms with Crippen LogP contribution in [0.25, 0.3) is 5.65 Å². The normalized spacial score (nSPS) is 10.5. The molecule has 0 saturated heterocycles. The average molecular weight is 282 g/mol. The molecular weight excluding hydrogens is 272 g/mol. The molecular formula is C14H10N4O3. The van der Waals surface area contributed by atoms with Crippen LogP contribution in [0.4, 0.5) is 5.69 Å². The van der Waals surface area contributed by atoms with Crippen LogP contribution in [0.3, 0.4) is 0 Å². The van der Waals surface area contributed by atoms with Crippen molar-refractivity contribution in [3.8, 4) is 0 Å². The van der Waals surface area contributed by atoms with Gasteiger partial charge in [-0.05, 0) is 36.4 Å². The Hall–Kier alpha value is -3.22. The molecule has 2 N–H and O–H groups in total. The van der Waals surface area contributed by atoms with Gasteiger partial charge < -0.3 is 10.4 Å². The van der Waals surface area contributed by atoms with Gasteiger partial charge in [-0.1, -0.05) is 0 Å². The van der Waals surface area contributed by atoms with Gasteiger partial charge >= 0.3 is 5.97 Å². The van der Waals surface area contributed by atoms with Crippen LogP contribution in [-0.4, -0.2) is 31.6 Å². The largest absolute Gasteiger partial charge is 0.478 e. The van der Waals surface area contributed by atoms with E-state index in [1.807, 2.05) is 0 Å². The fraction of sp³-hybridized carbons (Fsp3) is 0. The second kappa shape index (κ2) is 5.04. The first-order chi connectivity index (χ1) is 10.1. The average Bonchev–Trinajstić information content (AvgIpc) is 2.95. The van der Waals surface area contributed by atoms with E-state index in [2.05, 4.69) is 15.5 Å². The van der Waals surface area contributed by atoms with Crippen molar-refractivity contribution >= 4 is 23.2 Å². The van der Waals surface area contributed by atoms with Crippen molar-refractivity contribution in [3.63, 3.8) is 0 Å². The van der Waals surface area contributed by atoms with E-state index in [0.29, 0.717) is 16.9 Å². The molecule has 3 rings (SSSR count). The van der Waals surface area contributed by atoms with Crippen LogP contribution in [0.2, 0.25) is 0 Å². The highest BCUT2D eigenvalue weighted by atomic mass is 16.4. The summed E-state index contributed by atoms with van der Waals surface area (Å²) in [5, 5.41) is 19.1. The Kier molecular flexibility index (Phi) is 3.07. The van der Waals surface area contributed by atoms with E-state index in [9.17, 15) is 9.59 Å². The lowest BCUT2D eigenvalue weighted by atomic mass is 10.2. The van der Waals surface area contributed by atoms with Crippen molar-refractivity contribution in [1.29, 1.82) is 0 Å². The zero-order valence-electron chi connectivity index (χ0n) is 10.7. The molecule has 7 heteroatoms. The van der Waals surface area contributed by atoms with Crippen LogP contribution in [0.5, 0.6) is 0 Å². The number of hydrogen-bond acceptors (Lipinski definition) is 4. The summed E-state index contributed by atoms with van der Waals surface area (Å²) >= 11 is 0. The molecule has 0 spiro atoms. The highest BCUT2D eigenvalue weighted by molar-refractivity contribution is 6.04. The van der Waals surface area contributed by atoms with Gasteiger partial charge in [-0.2, -0.15) is 0 Å². The summed E-state index contributed by atoms with van der Waals surface area (Å²) in [7, 11) is 0. The molecule has 1 amide bonds. The van der Waals surface area contributed by atoms with E-state index >= 15 is 0 Å². The van der Waals surface area contributed by atoms with Crippen LogP contribution >= 0.6 is 0 Å². The van der Waals surface area contributed by atoms with E-state index < -0.39 is 5.97 Å². The fourth-order valence-corrected chi connectivity index (χ4v) is 1.86. The number of nitrogens with one attached hydrogen (secondary N) is 1. The molecule has 0 atom stereocenters. The standard InChI is InChI=1S/C14H10N4O3/c19-13(10-3-6-12-17-15-8-18(12)7-10)16-11-4-1-9(2-5-11)14(20)21/h1-8H,(H,16,19)(H,20,21). The van der Waals surface area contributed by atoms with E-state index in [1.165, 1.54) is 18.5 Å². The minimum absolute atomic E-state index is 0.166. The van der Waals surface area contributed by atoms with E-state index in [1.54, 1.807) is 34.9 Å². The van der Waals surface area contributed by atoms with E-state index in [0.717, 1.165) is 0 Å². The summed E-state index contributed by atoms with van der Waals surface area (Å²) < 4.78 is 1.64. The number of carbonyl (C=O) groups is 2. The molecule has 3 aromatic rings. The van der Waals surface area contributed by atoms with Crippen molar-refractivity contribution in [3.05, 3.63) is 60.0 Å². The maximum Gasteiger partial charge on any atom is 0.335 e. The Morgan fingerprint density at radius 3 is 2.48 bits per heavy atom. The minimum Gasteiger partial charge on any atom is -0.478 e. The summed E-state index contributed by atoms with van der Waals surface area (Å²) in [5.74, 6) is -1.31. The number of hydrogen-bond donors (Lipinski definition) is 2. The first-order valence-corrected chi connectivity index (χ1v) is 6.07. The highest BCUT2D eigenvalue weighted by Gasteiger charge is 2.08. The number of aromatic nitrogens is 3. The van der Waals surface area contributed by atoms with Gasteiger partial charge in [-0.15, -0.1) is 10.2 Å². The summed E-state index contributed by atoms with van der Waals surface area (Å²) in [6, 6.07) is 9.28. The molecule has 0 saturated carbocycles. The molecule has 0 aliphatic carbocycles. The Morgan fingerprint density at radius 2 is 1.76 bits per heavy atom. The molecule has 7 nitrogen and oxygen atoms in total. The SMILES string of the molecule is O=C(O)c1ccc(NC(=O)c2ccc3nncn3c2)cc1. The molecule has 0 unspecified atom stereocenters. The maximum atomic E-state index is 12.1. The van der Waals surface area contributed by atoms with Gasteiger partial charge in [0.05, 0.1) is 11.1 Å².